The molecule has 0 unspecified atom stereocenters. The molecule has 0 radical (unpaired) electrons. The van der Waals surface area contributed by atoms with Crippen LogP contribution in [0, 0.1) is 13.8 Å². The van der Waals surface area contributed by atoms with Crippen LogP contribution in [0.15, 0.2) is 28.9 Å². The third-order valence-electron chi connectivity index (χ3n) is 5.35. The van der Waals surface area contributed by atoms with Crippen molar-refractivity contribution in [2.24, 2.45) is 0 Å². The van der Waals surface area contributed by atoms with Gasteiger partial charge in [-0.3, -0.25) is 4.79 Å². The molecule has 146 valence electrons. The molecule has 0 spiro atoms. The zero-order chi connectivity index (χ0) is 19.8. The van der Waals surface area contributed by atoms with Crippen molar-refractivity contribution in [1.82, 2.24) is 9.97 Å². The van der Waals surface area contributed by atoms with E-state index in [-0.39, 0.29) is 5.91 Å². The number of halogens is 1. The van der Waals surface area contributed by atoms with E-state index >= 15 is 0 Å². The van der Waals surface area contributed by atoms with Crippen molar-refractivity contribution < 1.29 is 9.21 Å². The monoisotopic (exact) mass is 398 g/mol. The summed E-state index contributed by atoms with van der Waals surface area (Å²) in [7, 11) is 1.75. The first-order valence-corrected chi connectivity index (χ1v) is 9.88. The lowest BCUT2D eigenvalue weighted by molar-refractivity contribution is 0.0992. The molecule has 1 aromatic carbocycles. The van der Waals surface area contributed by atoms with Crippen LogP contribution in [0.5, 0.6) is 0 Å². The number of anilines is 2. The van der Waals surface area contributed by atoms with Crippen LogP contribution >= 0.6 is 11.6 Å². The summed E-state index contributed by atoms with van der Waals surface area (Å²) >= 11 is 6.16. The van der Waals surface area contributed by atoms with Crippen LogP contribution in [0.3, 0.4) is 0 Å². The summed E-state index contributed by atoms with van der Waals surface area (Å²) in [5.74, 6) is 1.17. The highest BCUT2D eigenvalue weighted by Gasteiger charge is 2.28. The van der Waals surface area contributed by atoms with Crippen LogP contribution in [0.25, 0.3) is 11.1 Å². The lowest BCUT2D eigenvalue weighted by atomic mass is 10.1. The molecule has 3 heterocycles. The number of carbonyl (C=O) groups is 1. The van der Waals surface area contributed by atoms with Crippen molar-refractivity contribution in [3.63, 3.8) is 0 Å². The summed E-state index contributed by atoms with van der Waals surface area (Å²) in [6, 6.07) is 5.53. The molecule has 0 N–H and O–H groups in total. The third-order valence-corrected chi connectivity index (χ3v) is 5.59. The van der Waals surface area contributed by atoms with Crippen LogP contribution in [-0.4, -0.2) is 36.0 Å². The topological polar surface area (TPSA) is 62.5 Å². The maximum absolute atomic E-state index is 13.5. The SMILES string of the molecule is Cc1ccc(Cl)cc1N(C)C(=O)c1c(C)oc2ncnc(N3CCCCC3)c12. The molecule has 28 heavy (non-hydrogen) atoms. The number of hydrogen-bond donors (Lipinski definition) is 0. The van der Waals surface area contributed by atoms with Crippen molar-refractivity contribution in [2.75, 3.05) is 29.9 Å². The Morgan fingerprint density at radius 3 is 2.68 bits per heavy atom. The molecule has 1 aliphatic heterocycles. The van der Waals surface area contributed by atoms with E-state index in [2.05, 4.69) is 14.9 Å². The normalized spacial score (nSPS) is 14.5. The van der Waals surface area contributed by atoms with E-state index in [1.807, 2.05) is 19.1 Å². The Balaban J connectivity index is 1.82. The largest absolute Gasteiger partial charge is 0.442 e. The zero-order valence-corrected chi connectivity index (χ0v) is 17.1. The Kier molecular flexibility index (Phi) is 4.98. The summed E-state index contributed by atoms with van der Waals surface area (Å²) in [6.45, 7) is 5.60. The van der Waals surface area contributed by atoms with Gasteiger partial charge in [0.05, 0.1) is 10.9 Å². The number of amides is 1. The number of aryl methyl sites for hydroxylation is 2. The Hall–Kier alpha value is -2.60. The van der Waals surface area contributed by atoms with Gasteiger partial charge in [0.25, 0.3) is 5.91 Å². The Morgan fingerprint density at radius 2 is 1.93 bits per heavy atom. The molecular weight excluding hydrogens is 376 g/mol. The maximum Gasteiger partial charge on any atom is 0.262 e. The fraction of sp³-hybridized carbons (Fsp3) is 0.381. The molecule has 6 nitrogen and oxygen atoms in total. The lowest BCUT2D eigenvalue weighted by Crippen LogP contribution is -2.31. The number of aromatic nitrogens is 2. The number of rotatable bonds is 3. The van der Waals surface area contributed by atoms with Crippen molar-refractivity contribution >= 4 is 40.1 Å². The average Bonchev–Trinajstić information content (AvgIpc) is 3.05. The number of furan rings is 1. The minimum Gasteiger partial charge on any atom is -0.442 e. The first kappa shape index (κ1) is 18.7. The van der Waals surface area contributed by atoms with Crippen molar-refractivity contribution in [1.29, 1.82) is 0 Å². The number of hydrogen-bond acceptors (Lipinski definition) is 5. The molecule has 1 amide bonds. The number of nitrogens with zero attached hydrogens (tertiary/aromatic N) is 4. The predicted molar refractivity (Wildman–Crippen MR) is 112 cm³/mol. The molecule has 1 saturated heterocycles. The summed E-state index contributed by atoms with van der Waals surface area (Å²) < 4.78 is 5.84. The number of piperidine rings is 1. The fourth-order valence-electron chi connectivity index (χ4n) is 3.85. The molecular formula is C21H23ClN4O2. The van der Waals surface area contributed by atoms with Gasteiger partial charge in [0.1, 0.15) is 17.9 Å². The molecule has 4 rings (SSSR count). The second-order valence-corrected chi connectivity index (χ2v) is 7.69. The van der Waals surface area contributed by atoms with Crippen LogP contribution < -0.4 is 9.80 Å². The maximum atomic E-state index is 13.5. The van der Waals surface area contributed by atoms with E-state index < -0.39 is 0 Å². The van der Waals surface area contributed by atoms with Gasteiger partial charge in [-0.15, -0.1) is 0 Å². The van der Waals surface area contributed by atoms with E-state index in [1.165, 1.54) is 12.7 Å². The van der Waals surface area contributed by atoms with Gasteiger partial charge in [-0.05, 0) is 50.8 Å². The molecule has 1 fully saturated rings. The summed E-state index contributed by atoms with van der Waals surface area (Å²) in [5, 5.41) is 1.28. The fourth-order valence-corrected chi connectivity index (χ4v) is 4.02. The second-order valence-electron chi connectivity index (χ2n) is 7.25. The molecule has 1 aliphatic rings. The highest BCUT2D eigenvalue weighted by Crippen LogP contribution is 2.34. The molecule has 0 saturated carbocycles. The predicted octanol–water partition coefficient (Wildman–Crippen LogP) is 4.76. The van der Waals surface area contributed by atoms with Gasteiger partial charge in [-0.2, -0.15) is 0 Å². The van der Waals surface area contributed by atoms with Gasteiger partial charge in [-0.1, -0.05) is 17.7 Å². The highest BCUT2D eigenvalue weighted by atomic mass is 35.5. The summed E-state index contributed by atoms with van der Waals surface area (Å²) in [5.41, 5.74) is 2.70. The van der Waals surface area contributed by atoms with Crippen LogP contribution in [0.4, 0.5) is 11.5 Å². The van der Waals surface area contributed by atoms with Crippen molar-refractivity contribution in [3.8, 4) is 0 Å². The van der Waals surface area contributed by atoms with E-state index in [9.17, 15) is 4.79 Å². The van der Waals surface area contributed by atoms with E-state index in [0.717, 1.165) is 43.0 Å². The second kappa shape index (κ2) is 7.43. The Morgan fingerprint density at radius 1 is 1.18 bits per heavy atom. The van der Waals surface area contributed by atoms with Gasteiger partial charge in [-0.25, -0.2) is 9.97 Å². The van der Waals surface area contributed by atoms with Gasteiger partial charge >= 0.3 is 0 Å². The first-order valence-electron chi connectivity index (χ1n) is 9.50. The van der Waals surface area contributed by atoms with E-state index in [1.54, 1.807) is 24.9 Å². The molecule has 2 aromatic heterocycles. The molecule has 7 heteroatoms. The zero-order valence-electron chi connectivity index (χ0n) is 16.3. The van der Waals surface area contributed by atoms with Crippen molar-refractivity contribution in [3.05, 3.63) is 46.4 Å². The van der Waals surface area contributed by atoms with E-state index in [4.69, 9.17) is 16.0 Å². The minimum absolute atomic E-state index is 0.158. The van der Waals surface area contributed by atoms with Gasteiger partial charge < -0.3 is 14.2 Å². The minimum atomic E-state index is -0.158. The number of benzene rings is 1. The lowest BCUT2D eigenvalue weighted by Gasteiger charge is -2.28. The van der Waals surface area contributed by atoms with E-state index in [0.29, 0.717) is 27.4 Å². The standard InChI is InChI=1S/C21H23ClN4O2/c1-13-7-8-15(22)11-16(13)25(3)21(27)17-14(2)28-20-18(17)19(23-12-24-20)26-9-5-4-6-10-26/h7-8,11-12H,4-6,9-10H2,1-3H3. The molecule has 3 aromatic rings. The van der Waals surface area contributed by atoms with Gasteiger partial charge in [0, 0.05) is 30.8 Å². The molecule has 0 atom stereocenters. The number of carbonyl (C=O) groups excluding carboxylic acids is 1. The highest BCUT2D eigenvalue weighted by molar-refractivity contribution is 6.31. The Bertz CT molecular complexity index is 1040. The van der Waals surface area contributed by atoms with Crippen LogP contribution in [-0.2, 0) is 0 Å². The summed E-state index contributed by atoms with van der Waals surface area (Å²) in [6.07, 6.45) is 4.96. The average molecular weight is 399 g/mol. The van der Waals surface area contributed by atoms with Crippen LogP contribution in [0.2, 0.25) is 5.02 Å². The summed E-state index contributed by atoms with van der Waals surface area (Å²) in [4.78, 5) is 26.1. The third kappa shape index (κ3) is 3.22. The Labute approximate surface area is 169 Å². The van der Waals surface area contributed by atoms with Crippen molar-refractivity contribution in [2.45, 2.75) is 33.1 Å². The number of fused-ring (bicyclic) bond motifs is 1. The molecule has 0 aliphatic carbocycles. The van der Waals surface area contributed by atoms with Gasteiger partial charge in [0.2, 0.25) is 5.71 Å². The first-order chi connectivity index (χ1) is 13.5. The van der Waals surface area contributed by atoms with Gasteiger partial charge in [0.15, 0.2) is 0 Å². The molecule has 0 bridgehead atoms. The van der Waals surface area contributed by atoms with Crippen LogP contribution in [0.1, 0.15) is 40.9 Å². The smallest absolute Gasteiger partial charge is 0.262 e. The quantitative estimate of drug-likeness (QED) is 0.636.